The highest BCUT2D eigenvalue weighted by atomic mass is 32.2. The van der Waals surface area contributed by atoms with Gasteiger partial charge in [-0.3, -0.25) is 14.1 Å². The van der Waals surface area contributed by atoms with Crippen LogP contribution in [-0.2, 0) is 52.9 Å². The zero-order valence-electron chi connectivity index (χ0n) is 18.2. The molecule has 0 aromatic heterocycles. The van der Waals surface area contributed by atoms with Gasteiger partial charge in [0.05, 0.1) is 40.9 Å². The molecule has 1 aromatic rings. The molecule has 13 heteroatoms. The first-order valence-corrected chi connectivity index (χ1v) is 12.5. The second-order valence-corrected chi connectivity index (χ2v) is 10.3. The first kappa shape index (κ1) is 24.8. The Hall–Kier alpha value is -2.27. The molecule has 1 N–H and O–H groups in total. The Morgan fingerprint density at radius 2 is 1.85 bits per heavy atom. The third-order valence-corrected chi connectivity index (χ3v) is 7.61. The lowest BCUT2D eigenvalue weighted by Crippen LogP contribution is -2.44. The Kier molecular flexibility index (Phi) is 6.88. The predicted octanol–water partition coefficient (Wildman–Crippen LogP) is -0.544. The maximum atomic E-state index is 13.2. The van der Waals surface area contributed by atoms with Crippen molar-refractivity contribution in [3.63, 3.8) is 0 Å². The Balaban J connectivity index is 1.56. The van der Waals surface area contributed by atoms with E-state index in [0.29, 0.717) is 23.1 Å². The normalized spacial score (nSPS) is 29.1. The number of ether oxygens (including phenoxy) is 3. The average molecular weight is 482 g/mol. The van der Waals surface area contributed by atoms with E-state index in [1.165, 1.54) is 0 Å². The predicted molar refractivity (Wildman–Crippen MR) is 120 cm³/mol. The van der Waals surface area contributed by atoms with Gasteiger partial charge in [0.15, 0.2) is 0 Å². The summed E-state index contributed by atoms with van der Waals surface area (Å²) in [6.07, 6.45) is -0.784. The van der Waals surface area contributed by atoms with Crippen molar-refractivity contribution in [2.24, 2.45) is 23.7 Å². The minimum atomic E-state index is -4.32. The molecular formula is C21H21B3O9S. The van der Waals surface area contributed by atoms with Gasteiger partial charge in [-0.15, -0.1) is 0 Å². The van der Waals surface area contributed by atoms with Gasteiger partial charge in [-0.25, -0.2) is 4.79 Å². The van der Waals surface area contributed by atoms with E-state index < -0.39 is 70.3 Å². The molecule has 1 heterocycles. The Bertz CT molecular complexity index is 1120. The zero-order chi connectivity index (χ0) is 24.8. The number of benzene rings is 1. The number of esters is 3. The molecule has 6 radical (unpaired) electrons. The van der Waals surface area contributed by atoms with Gasteiger partial charge in [-0.2, -0.15) is 8.42 Å². The number of carbonyl (C=O) groups is 3. The van der Waals surface area contributed by atoms with E-state index in [2.05, 4.69) is 0 Å². The van der Waals surface area contributed by atoms with Crippen LogP contribution in [0.3, 0.4) is 0 Å². The van der Waals surface area contributed by atoms with Gasteiger partial charge in [-0.05, 0) is 18.1 Å². The molecule has 3 fully saturated rings. The Morgan fingerprint density at radius 3 is 2.47 bits per heavy atom. The molecule has 6 atom stereocenters. The van der Waals surface area contributed by atoms with Crippen LogP contribution in [0.25, 0.3) is 0 Å². The van der Waals surface area contributed by atoms with Crippen LogP contribution in [-0.4, -0.2) is 79.0 Å². The maximum absolute atomic E-state index is 13.2. The molecule has 174 valence electrons. The lowest BCUT2D eigenvalue weighted by Gasteiger charge is -2.30. The molecule has 0 amide bonds. The maximum Gasteiger partial charge on any atom is 0.338 e. The van der Waals surface area contributed by atoms with E-state index in [1.54, 1.807) is 12.1 Å². The lowest BCUT2D eigenvalue weighted by molar-refractivity contribution is -0.155. The second kappa shape index (κ2) is 9.41. The van der Waals surface area contributed by atoms with Crippen molar-refractivity contribution in [3.8, 4) is 0 Å². The number of hydrogen-bond donors (Lipinski definition) is 1. The summed E-state index contributed by atoms with van der Waals surface area (Å²) >= 11 is 0. The summed E-state index contributed by atoms with van der Waals surface area (Å²) in [6, 6.07) is 3.36. The minimum Gasteiger partial charge on any atom is -0.464 e. The summed E-state index contributed by atoms with van der Waals surface area (Å²) in [6.45, 7) is -0.561. The van der Waals surface area contributed by atoms with Gasteiger partial charge in [0.1, 0.15) is 24.6 Å². The van der Waals surface area contributed by atoms with Crippen molar-refractivity contribution in [3.05, 3.63) is 34.4 Å². The highest BCUT2D eigenvalue weighted by molar-refractivity contribution is 7.85. The van der Waals surface area contributed by atoms with Gasteiger partial charge in [0.2, 0.25) is 0 Å². The fourth-order valence-electron chi connectivity index (χ4n) is 5.52. The lowest BCUT2D eigenvalue weighted by atomic mass is 9.78. The number of carbonyl (C=O) groups excluding carboxylic acids is 3. The average Bonchev–Trinajstić information content (AvgIpc) is 3.40. The standard InChI is InChI=1S/C21H21B3O9S/c22-6-9-3-10(7-23)14(8-24)11(4-9)19(25)32-17-12-5-13-16(21(27)33-18(13)17)15(12)20(26)31-1-2-34(28,29)30/h3-4,12-13,15-18H,1-2,5-8H2,(H,28,29,30). The van der Waals surface area contributed by atoms with Crippen molar-refractivity contribution < 1.29 is 41.6 Å². The van der Waals surface area contributed by atoms with E-state index in [4.69, 9.17) is 42.3 Å². The van der Waals surface area contributed by atoms with Gasteiger partial charge in [0, 0.05) is 11.8 Å². The Labute approximate surface area is 201 Å². The molecule has 1 aromatic carbocycles. The van der Waals surface area contributed by atoms with Crippen LogP contribution in [0.4, 0.5) is 0 Å². The summed E-state index contributed by atoms with van der Waals surface area (Å²) < 4.78 is 46.9. The quantitative estimate of drug-likeness (QED) is 0.213. The first-order valence-electron chi connectivity index (χ1n) is 10.9. The van der Waals surface area contributed by atoms with E-state index in [9.17, 15) is 22.8 Å². The molecule has 9 nitrogen and oxygen atoms in total. The van der Waals surface area contributed by atoms with E-state index in [0.717, 1.165) is 0 Å². The summed E-state index contributed by atoms with van der Waals surface area (Å²) in [5.41, 5.74) is 2.07. The van der Waals surface area contributed by atoms with Crippen molar-refractivity contribution >= 4 is 51.6 Å². The molecular weight excluding hydrogens is 461 g/mol. The fourth-order valence-corrected chi connectivity index (χ4v) is 5.81. The molecule has 1 aliphatic heterocycles. The van der Waals surface area contributed by atoms with Crippen LogP contribution in [0, 0.1) is 23.7 Å². The minimum absolute atomic E-state index is 0.0434. The smallest absolute Gasteiger partial charge is 0.338 e. The van der Waals surface area contributed by atoms with Crippen LogP contribution in [0.5, 0.6) is 0 Å². The molecule has 2 aliphatic carbocycles. The van der Waals surface area contributed by atoms with Crippen LogP contribution in [0.1, 0.15) is 33.5 Å². The molecule has 2 bridgehead atoms. The van der Waals surface area contributed by atoms with Crippen LogP contribution >= 0.6 is 0 Å². The van der Waals surface area contributed by atoms with E-state index >= 15 is 0 Å². The number of rotatable bonds is 9. The summed E-state index contributed by atoms with van der Waals surface area (Å²) in [7, 11) is 13.1. The van der Waals surface area contributed by atoms with Gasteiger partial charge >= 0.3 is 17.9 Å². The van der Waals surface area contributed by atoms with Crippen molar-refractivity contribution in [1.82, 2.24) is 0 Å². The summed E-state index contributed by atoms with van der Waals surface area (Å²) in [5, 5.41) is 0. The van der Waals surface area contributed by atoms with Crippen LogP contribution in [0.15, 0.2) is 12.1 Å². The molecule has 34 heavy (non-hydrogen) atoms. The third kappa shape index (κ3) is 4.40. The summed E-state index contributed by atoms with van der Waals surface area (Å²) in [5.74, 6) is -5.38. The SMILES string of the molecule is [B]Cc1cc(C[B])c(C[B])c(C(=O)OC2C3CC4C2OC(=O)C4C3C(=O)OCCS(=O)(=O)O)c1. The topological polar surface area (TPSA) is 133 Å². The molecule has 3 aliphatic rings. The highest BCUT2D eigenvalue weighted by Crippen LogP contribution is 2.59. The van der Waals surface area contributed by atoms with Crippen LogP contribution < -0.4 is 0 Å². The van der Waals surface area contributed by atoms with Crippen molar-refractivity contribution in [2.45, 2.75) is 37.6 Å². The Morgan fingerprint density at radius 1 is 1.12 bits per heavy atom. The molecule has 1 saturated heterocycles. The fraction of sp³-hybridized carbons (Fsp3) is 0.571. The molecule has 6 unspecified atom stereocenters. The third-order valence-electron chi connectivity index (χ3n) is 6.93. The second-order valence-electron chi connectivity index (χ2n) is 8.73. The first-order chi connectivity index (χ1) is 16.1. The van der Waals surface area contributed by atoms with E-state index in [-0.39, 0.29) is 30.4 Å². The van der Waals surface area contributed by atoms with Gasteiger partial charge < -0.3 is 14.2 Å². The molecule has 2 saturated carbocycles. The zero-order valence-corrected chi connectivity index (χ0v) is 19.0. The van der Waals surface area contributed by atoms with Crippen LogP contribution in [0.2, 0.25) is 0 Å². The number of hydrogen-bond acceptors (Lipinski definition) is 8. The van der Waals surface area contributed by atoms with Gasteiger partial charge in [0.25, 0.3) is 10.1 Å². The van der Waals surface area contributed by atoms with Crippen molar-refractivity contribution in [1.29, 1.82) is 0 Å². The van der Waals surface area contributed by atoms with Crippen molar-refractivity contribution in [2.75, 3.05) is 12.4 Å². The summed E-state index contributed by atoms with van der Waals surface area (Å²) in [4.78, 5) is 38.4. The van der Waals surface area contributed by atoms with Gasteiger partial charge in [-0.1, -0.05) is 36.2 Å². The largest absolute Gasteiger partial charge is 0.464 e. The highest BCUT2D eigenvalue weighted by Gasteiger charge is 2.70. The monoisotopic (exact) mass is 482 g/mol. The van der Waals surface area contributed by atoms with E-state index in [1.807, 2.05) is 0 Å². The molecule has 4 rings (SSSR count). The number of fused-ring (bicyclic) bond motifs is 1. The molecule has 0 spiro atoms.